The summed E-state index contributed by atoms with van der Waals surface area (Å²) in [5.74, 6) is 0.781. The van der Waals surface area contributed by atoms with E-state index in [0.29, 0.717) is 0 Å². The second-order valence-corrected chi connectivity index (χ2v) is 14.7. The van der Waals surface area contributed by atoms with E-state index in [-0.39, 0.29) is 0 Å². The lowest BCUT2D eigenvalue weighted by atomic mass is 10.3. The summed E-state index contributed by atoms with van der Waals surface area (Å²) in [4.78, 5) is 0. The topological polar surface area (TPSA) is 9.23 Å². The van der Waals surface area contributed by atoms with Crippen molar-refractivity contribution in [2.24, 2.45) is 5.92 Å². The molecule has 0 N–H and O–H groups in total. The second kappa shape index (κ2) is 5.47. The van der Waals surface area contributed by atoms with Gasteiger partial charge < -0.3 is 4.12 Å². The van der Waals surface area contributed by atoms with Crippen molar-refractivity contribution in [3.63, 3.8) is 0 Å². The summed E-state index contributed by atoms with van der Waals surface area (Å²) in [5.41, 5.74) is 0. The Hall–Kier alpha value is 0.394. The molecule has 0 aliphatic heterocycles. The highest BCUT2D eigenvalue weighted by molar-refractivity contribution is 6.84. The zero-order valence-electron chi connectivity index (χ0n) is 11.1. The minimum Gasteiger partial charge on any atom is -0.455 e. The molecule has 0 aromatic heterocycles. The fourth-order valence-corrected chi connectivity index (χ4v) is 12.3. The van der Waals surface area contributed by atoms with Gasteiger partial charge in [-0.15, -0.1) is 0 Å². The Balaban J connectivity index is 4.19. The molecular weight excluding hydrogens is 204 g/mol. The second-order valence-electron chi connectivity index (χ2n) is 5.97. The van der Waals surface area contributed by atoms with Crippen LogP contribution >= 0.6 is 0 Å². The molecule has 0 unspecified atom stereocenters. The molecular formula is C11H28OSi2. The van der Waals surface area contributed by atoms with Crippen molar-refractivity contribution >= 4 is 16.6 Å². The minimum atomic E-state index is -1.38. The van der Waals surface area contributed by atoms with E-state index in [4.69, 9.17) is 4.12 Å². The third-order valence-electron chi connectivity index (χ3n) is 2.30. The van der Waals surface area contributed by atoms with Crippen molar-refractivity contribution in [2.45, 2.75) is 65.5 Å². The lowest BCUT2D eigenvalue weighted by Gasteiger charge is -2.34. The molecule has 0 saturated heterocycles. The van der Waals surface area contributed by atoms with Crippen LogP contribution in [0.1, 0.15) is 27.2 Å². The van der Waals surface area contributed by atoms with Crippen molar-refractivity contribution in [2.75, 3.05) is 0 Å². The highest BCUT2D eigenvalue weighted by Crippen LogP contribution is 2.25. The van der Waals surface area contributed by atoms with Gasteiger partial charge in [-0.1, -0.05) is 27.2 Å². The average molecular weight is 233 g/mol. The maximum Gasteiger partial charge on any atom is 0.173 e. The molecule has 0 bridgehead atoms. The number of hydrogen-bond acceptors (Lipinski definition) is 1. The molecule has 0 aliphatic carbocycles. The summed E-state index contributed by atoms with van der Waals surface area (Å²) in [6, 6.07) is 2.61. The van der Waals surface area contributed by atoms with Gasteiger partial charge in [0.15, 0.2) is 16.6 Å². The number of rotatable bonds is 6. The van der Waals surface area contributed by atoms with Crippen LogP contribution in [0.5, 0.6) is 0 Å². The van der Waals surface area contributed by atoms with Gasteiger partial charge in [0.05, 0.1) is 0 Å². The Morgan fingerprint density at radius 3 is 1.86 bits per heavy atom. The van der Waals surface area contributed by atoms with E-state index in [2.05, 4.69) is 47.0 Å². The van der Waals surface area contributed by atoms with Crippen LogP contribution in [0, 0.1) is 5.92 Å². The fourth-order valence-electron chi connectivity index (χ4n) is 2.43. The van der Waals surface area contributed by atoms with E-state index in [1.165, 1.54) is 18.5 Å². The highest BCUT2D eigenvalue weighted by atomic mass is 28.4. The molecule has 0 atom stereocenters. The largest absolute Gasteiger partial charge is 0.455 e. The molecule has 0 rings (SSSR count). The van der Waals surface area contributed by atoms with Crippen molar-refractivity contribution in [3.8, 4) is 0 Å². The Bertz CT molecular complexity index is 165. The van der Waals surface area contributed by atoms with Gasteiger partial charge in [-0.25, -0.2) is 0 Å². The summed E-state index contributed by atoms with van der Waals surface area (Å²) >= 11 is 0. The monoisotopic (exact) mass is 232 g/mol. The first-order chi connectivity index (χ1) is 6.18. The van der Waals surface area contributed by atoms with E-state index in [1.807, 2.05) is 0 Å². The molecule has 0 fully saturated rings. The predicted octanol–water partition coefficient (Wildman–Crippen LogP) is 4.48. The van der Waals surface area contributed by atoms with Gasteiger partial charge in [-0.2, -0.15) is 0 Å². The van der Waals surface area contributed by atoms with E-state index in [1.54, 1.807) is 0 Å². The molecule has 0 saturated carbocycles. The fraction of sp³-hybridized carbons (Fsp3) is 1.00. The van der Waals surface area contributed by atoms with Crippen LogP contribution in [0.2, 0.25) is 38.3 Å². The molecule has 0 aromatic carbocycles. The van der Waals surface area contributed by atoms with Crippen LogP contribution in [0.3, 0.4) is 0 Å². The first-order valence-electron chi connectivity index (χ1n) is 5.89. The third kappa shape index (κ3) is 6.79. The normalized spacial score (nSPS) is 13.7. The van der Waals surface area contributed by atoms with Crippen LogP contribution in [-0.4, -0.2) is 16.6 Å². The summed E-state index contributed by atoms with van der Waals surface area (Å²) in [5, 5.41) is 0. The molecule has 0 aromatic rings. The molecule has 0 spiro atoms. The van der Waals surface area contributed by atoms with E-state index in [9.17, 15) is 0 Å². The molecule has 0 aliphatic rings. The highest BCUT2D eigenvalue weighted by Gasteiger charge is 2.32. The molecule has 0 amide bonds. The summed E-state index contributed by atoms with van der Waals surface area (Å²) in [6.45, 7) is 16.3. The Labute approximate surface area is 92.5 Å². The summed E-state index contributed by atoms with van der Waals surface area (Å²) in [6.07, 6.45) is 1.27. The molecule has 0 heterocycles. The van der Waals surface area contributed by atoms with Crippen molar-refractivity contribution in [1.29, 1.82) is 0 Å². The maximum atomic E-state index is 6.45. The quantitative estimate of drug-likeness (QED) is 0.614. The van der Waals surface area contributed by atoms with Gasteiger partial charge >= 0.3 is 0 Å². The van der Waals surface area contributed by atoms with Gasteiger partial charge in [-0.05, 0) is 44.2 Å². The van der Waals surface area contributed by atoms with Gasteiger partial charge in [0.25, 0.3) is 0 Å². The van der Waals surface area contributed by atoms with Crippen molar-refractivity contribution in [1.82, 2.24) is 0 Å². The van der Waals surface area contributed by atoms with Gasteiger partial charge in [0.2, 0.25) is 0 Å². The van der Waals surface area contributed by atoms with E-state index >= 15 is 0 Å². The lowest BCUT2D eigenvalue weighted by molar-refractivity contribution is 0.518. The Kier molecular flexibility index (Phi) is 5.62. The summed E-state index contributed by atoms with van der Waals surface area (Å²) in [7, 11) is -2.72. The van der Waals surface area contributed by atoms with E-state index < -0.39 is 16.6 Å². The van der Waals surface area contributed by atoms with Crippen LogP contribution in [0.15, 0.2) is 0 Å². The van der Waals surface area contributed by atoms with Gasteiger partial charge in [0.1, 0.15) is 0 Å². The standard InChI is InChI=1S/C11H28OSi2/c1-8-9-13(4,5)12-14(6,7)10-11(2)3/h11H,8-10H2,1-7H3. The smallest absolute Gasteiger partial charge is 0.173 e. The zero-order valence-corrected chi connectivity index (χ0v) is 13.1. The first kappa shape index (κ1) is 14.4. The molecule has 0 radical (unpaired) electrons. The number of hydrogen-bond donors (Lipinski definition) is 0. The van der Waals surface area contributed by atoms with E-state index in [0.717, 1.165) is 5.92 Å². The molecule has 1 nitrogen and oxygen atoms in total. The average Bonchev–Trinajstić information content (AvgIpc) is 1.78. The van der Waals surface area contributed by atoms with Crippen LogP contribution in [0.25, 0.3) is 0 Å². The molecule has 14 heavy (non-hydrogen) atoms. The minimum absolute atomic E-state index is 0.781. The van der Waals surface area contributed by atoms with Crippen molar-refractivity contribution in [3.05, 3.63) is 0 Å². The van der Waals surface area contributed by atoms with Gasteiger partial charge in [-0.3, -0.25) is 0 Å². The first-order valence-corrected chi connectivity index (χ1v) is 12.1. The summed E-state index contributed by atoms with van der Waals surface area (Å²) < 4.78 is 6.45. The van der Waals surface area contributed by atoms with Gasteiger partial charge in [0, 0.05) is 0 Å². The lowest BCUT2D eigenvalue weighted by Crippen LogP contribution is -2.44. The van der Waals surface area contributed by atoms with Crippen LogP contribution in [-0.2, 0) is 4.12 Å². The van der Waals surface area contributed by atoms with Crippen LogP contribution in [0.4, 0.5) is 0 Å². The predicted molar refractivity (Wildman–Crippen MR) is 70.8 cm³/mol. The Morgan fingerprint density at radius 1 is 1.00 bits per heavy atom. The zero-order chi connectivity index (χ0) is 11.4. The third-order valence-corrected chi connectivity index (χ3v) is 10.2. The molecule has 86 valence electrons. The Morgan fingerprint density at radius 2 is 1.50 bits per heavy atom. The van der Waals surface area contributed by atoms with Crippen molar-refractivity contribution < 1.29 is 4.12 Å². The SMILES string of the molecule is CCC[Si](C)(C)O[Si](C)(C)CC(C)C. The molecule has 3 heteroatoms. The maximum absolute atomic E-state index is 6.45. The van der Waals surface area contributed by atoms with Crippen LogP contribution < -0.4 is 0 Å².